The average molecular weight is 389 g/mol. The molecule has 0 saturated carbocycles. The number of aromatic nitrogens is 3. The Labute approximate surface area is 169 Å². The number of H-pyrrole nitrogens is 1. The number of fused-ring (bicyclic) bond motifs is 2. The first-order valence-electron chi connectivity index (χ1n) is 9.55. The highest BCUT2D eigenvalue weighted by Crippen LogP contribution is 2.25. The number of hydrogen-bond acceptors (Lipinski definition) is 3. The van der Waals surface area contributed by atoms with E-state index in [1.807, 2.05) is 30.5 Å². The molecule has 0 bridgehead atoms. The summed E-state index contributed by atoms with van der Waals surface area (Å²) >= 11 is 5.99. The Balaban J connectivity index is 1.36. The Bertz CT molecular complexity index is 1150. The minimum Gasteiger partial charge on any atom is -0.361 e. The van der Waals surface area contributed by atoms with Gasteiger partial charge in [0.15, 0.2) is 5.82 Å². The monoisotopic (exact) mass is 388 g/mol. The highest BCUT2D eigenvalue weighted by Gasteiger charge is 2.20. The maximum absolute atomic E-state index is 5.99. The fraction of sp³-hybridized carbons (Fsp3) is 0.217. The molecule has 3 heterocycles. The van der Waals surface area contributed by atoms with Gasteiger partial charge in [0.25, 0.3) is 0 Å². The molecule has 5 heteroatoms. The highest BCUT2D eigenvalue weighted by atomic mass is 35.5. The molecule has 1 aliphatic heterocycles. The summed E-state index contributed by atoms with van der Waals surface area (Å²) in [6, 6.07) is 14.3. The van der Waals surface area contributed by atoms with Crippen LogP contribution in [0.4, 0.5) is 0 Å². The van der Waals surface area contributed by atoms with Crippen LogP contribution in [0.1, 0.15) is 22.4 Å². The Morgan fingerprint density at radius 1 is 1.14 bits per heavy atom. The Hall–Kier alpha value is -2.69. The van der Waals surface area contributed by atoms with E-state index in [0.29, 0.717) is 0 Å². The summed E-state index contributed by atoms with van der Waals surface area (Å²) in [6.45, 7) is 4.96. The molecule has 0 spiro atoms. The predicted octanol–water partition coefficient (Wildman–Crippen LogP) is 5.15. The van der Waals surface area contributed by atoms with Gasteiger partial charge in [-0.1, -0.05) is 23.2 Å². The van der Waals surface area contributed by atoms with Crippen molar-refractivity contribution < 1.29 is 0 Å². The van der Waals surface area contributed by atoms with Crippen LogP contribution < -0.4 is 0 Å². The van der Waals surface area contributed by atoms with E-state index in [4.69, 9.17) is 16.6 Å². The van der Waals surface area contributed by atoms with Crippen molar-refractivity contribution in [2.24, 2.45) is 0 Å². The summed E-state index contributed by atoms with van der Waals surface area (Å²) in [7, 11) is 0. The van der Waals surface area contributed by atoms with E-state index in [2.05, 4.69) is 46.2 Å². The van der Waals surface area contributed by atoms with Gasteiger partial charge < -0.3 is 4.98 Å². The number of nitrogens with zero attached hydrogens (tertiary/aromatic N) is 3. The van der Waals surface area contributed by atoms with Crippen LogP contribution in [0.5, 0.6) is 0 Å². The van der Waals surface area contributed by atoms with Crippen molar-refractivity contribution in [1.82, 2.24) is 19.9 Å². The minimum absolute atomic E-state index is 0.727. The van der Waals surface area contributed by atoms with Crippen molar-refractivity contribution in [3.05, 3.63) is 82.3 Å². The third-order valence-corrected chi connectivity index (χ3v) is 5.68. The van der Waals surface area contributed by atoms with Crippen molar-refractivity contribution in [3.63, 3.8) is 0 Å². The number of benzene rings is 2. The molecule has 4 aromatic rings. The van der Waals surface area contributed by atoms with E-state index in [0.717, 1.165) is 48.2 Å². The molecule has 1 aliphatic rings. The summed E-state index contributed by atoms with van der Waals surface area (Å²) in [5, 5.41) is 2.05. The summed E-state index contributed by atoms with van der Waals surface area (Å²) in [4.78, 5) is 15.3. The molecule has 0 fully saturated rings. The van der Waals surface area contributed by atoms with Gasteiger partial charge in [0.1, 0.15) is 0 Å². The number of halogens is 1. The number of hydrogen-bond donors (Lipinski definition) is 1. The van der Waals surface area contributed by atoms with Gasteiger partial charge >= 0.3 is 0 Å². The van der Waals surface area contributed by atoms with Gasteiger partial charge in [0, 0.05) is 65.5 Å². The van der Waals surface area contributed by atoms with Gasteiger partial charge in [0.2, 0.25) is 0 Å². The molecule has 28 heavy (non-hydrogen) atoms. The van der Waals surface area contributed by atoms with E-state index in [1.165, 1.54) is 27.6 Å². The second-order valence-electron chi connectivity index (χ2n) is 7.50. The van der Waals surface area contributed by atoms with E-state index in [9.17, 15) is 0 Å². The maximum atomic E-state index is 5.99. The lowest BCUT2D eigenvalue weighted by Crippen LogP contribution is -2.30. The smallest absolute Gasteiger partial charge is 0.159 e. The van der Waals surface area contributed by atoms with Crippen molar-refractivity contribution in [1.29, 1.82) is 0 Å². The largest absolute Gasteiger partial charge is 0.361 e. The molecule has 0 atom stereocenters. The lowest BCUT2D eigenvalue weighted by molar-refractivity contribution is 0.244. The van der Waals surface area contributed by atoms with Crippen molar-refractivity contribution in [2.45, 2.75) is 26.4 Å². The Kier molecular flexibility index (Phi) is 4.38. The molecule has 2 aromatic heterocycles. The number of aromatic amines is 1. The van der Waals surface area contributed by atoms with Crippen LogP contribution in [0.3, 0.4) is 0 Å². The average Bonchev–Trinajstić information content (AvgIpc) is 3.10. The standard InChI is InChI=1S/C23H21ClN4/c1-15-2-7-22-20(10-15)17(11-25-22)13-28-9-8-21-18(14-28)12-26-23(27-21)16-3-5-19(24)6-4-16/h2-7,10-12,25H,8-9,13-14H2,1H3. The van der Waals surface area contributed by atoms with E-state index in [-0.39, 0.29) is 0 Å². The van der Waals surface area contributed by atoms with E-state index >= 15 is 0 Å². The lowest BCUT2D eigenvalue weighted by atomic mass is 10.0. The quantitative estimate of drug-likeness (QED) is 0.528. The fourth-order valence-corrected chi connectivity index (χ4v) is 4.04. The first-order valence-corrected chi connectivity index (χ1v) is 9.93. The third kappa shape index (κ3) is 3.30. The van der Waals surface area contributed by atoms with Crippen LogP contribution in [0.15, 0.2) is 54.9 Å². The van der Waals surface area contributed by atoms with Gasteiger partial charge in [-0.25, -0.2) is 9.97 Å². The molecule has 1 N–H and O–H groups in total. The van der Waals surface area contributed by atoms with Crippen LogP contribution in [0.25, 0.3) is 22.3 Å². The van der Waals surface area contributed by atoms with Gasteiger partial charge in [-0.2, -0.15) is 0 Å². The van der Waals surface area contributed by atoms with Crippen molar-refractivity contribution >= 4 is 22.5 Å². The normalized spacial score (nSPS) is 14.4. The topological polar surface area (TPSA) is 44.8 Å². The first kappa shape index (κ1) is 17.4. The molecule has 5 rings (SSSR count). The number of rotatable bonds is 3. The molecule has 2 aromatic carbocycles. The maximum Gasteiger partial charge on any atom is 0.159 e. The van der Waals surface area contributed by atoms with Crippen LogP contribution >= 0.6 is 11.6 Å². The molecule has 0 aliphatic carbocycles. The second kappa shape index (κ2) is 7.04. The van der Waals surface area contributed by atoms with Crippen LogP contribution in [0.2, 0.25) is 5.02 Å². The molecule has 0 saturated heterocycles. The van der Waals surface area contributed by atoms with Crippen molar-refractivity contribution in [2.75, 3.05) is 6.54 Å². The summed E-state index contributed by atoms with van der Waals surface area (Å²) in [5.74, 6) is 0.774. The predicted molar refractivity (Wildman–Crippen MR) is 113 cm³/mol. The molecular formula is C23H21ClN4. The van der Waals surface area contributed by atoms with E-state index < -0.39 is 0 Å². The highest BCUT2D eigenvalue weighted by molar-refractivity contribution is 6.30. The molecule has 140 valence electrons. The van der Waals surface area contributed by atoms with Gasteiger partial charge in [-0.15, -0.1) is 0 Å². The molecule has 0 amide bonds. The summed E-state index contributed by atoms with van der Waals surface area (Å²) in [5.41, 5.74) is 7.23. The minimum atomic E-state index is 0.727. The molecular weight excluding hydrogens is 368 g/mol. The summed E-state index contributed by atoms with van der Waals surface area (Å²) < 4.78 is 0. The number of nitrogens with one attached hydrogen (secondary N) is 1. The summed E-state index contributed by atoms with van der Waals surface area (Å²) in [6.07, 6.45) is 5.07. The van der Waals surface area contributed by atoms with Crippen LogP contribution in [-0.4, -0.2) is 26.4 Å². The first-order chi connectivity index (χ1) is 13.7. The van der Waals surface area contributed by atoms with Gasteiger partial charge in [0.05, 0.1) is 5.69 Å². The zero-order valence-electron chi connectivity index (χ0n) is 15.7. The third-order valence-electron chi connectivity index (χ3n) is 5.43. The molecule has 0 radical (unpaired) electrons. The Morgan fingerprint density at radius 2 is 2.00 bits per heavy atom. The Morgan fingerprint density at radius 3 is 2.86 bits per heavy atom. The van der Waals surface area contributed by atoms with Gasteiger partial charge in [-0.05, 0) is 48.9 Å². The van der Waals surface area contributed by atoms with Crippen LogP contribution in [-0.2, 0) is 19.5 Å². The molecule has 0 unspecified atom stereocenters. The van der Waals surface area contributed by atoms with Gasteiger partial charge in [-0.3, -0.25) is 4.90 Å². The lowest BCUT2D eigenvalue weighted by Gasteiger charge is -2.28. The SMILES string of the molecule is Cc1ccc2[nH]cc(CN3CCc4nc(-c5ccc(Cl)cc5)ncc4C3)c2c1. The second-order valence-corrected chi connectivity index (χ2v) is 7.93. The fourth-order valence-electron chi connectivity index (χ4n) is 3.91. The van der Waals surface area contributed by atoms with Crippen LogP contribution in [0, 0.1) is 6.92 Å². The number of aryl methyl sites for hydroxylation is 1. The van der Waals surface area contributed by atoms with Crippen molar-refractivity contribution in [3.8, 4) is 11.4 Å². The zero-order chi connectivity index (χ0) is 19.1. The zero-order valence-corrected chi connectivity index (χ0v) is 16.5. The molecule has 4 nitrogen and oxygen atoms in total. The van der Waals surface area contributed by atoms with E-state index in [1.54, 1.807) is 0 Å².